The van der Waals surface area contributed by atoms with Crippen molar-refractivity contribution < 1.29 is 4.74 Å². The molecule has 0 N–H and O–H groups in total. The van der Waals surface area contributed by atoms with Crippen LogP contribution in [0.4, 0.5) is 0 Å². The molecule has 0 aliphatic carbocycles. The van der Waals surface area contributed by atoms with Crippen LogP contribution in [0.15, 0.2) is 0 Å². The molecular formula is C10H21NO. The van der Waals surface area contributed by atoms with Gasteiger partial charge in [0.15, 0.2) is 0 Å². The van der Waals surface area contributed by atoms with Gasteiger partial charge in [0, 0.05) is 19.1 Å². The van der Waals surface area contributed by atoms with Gasteiger partial charge < -0.3 is 4.74 Å². The summed E-state index contributed by atoms with van der Waals surface area (Å²) in [6, 6.07) is 0.667. The number of nitrogens with zero attached hydrogens (tertiary/aromatic N) is 1. The van der Waals surface area contributed by atoms with Crippen molar-refractivity contribution in [3.63, 3.8) is 0 Å². The van der Waals surface area contributed by atoms with E-state index in [-0.39, 0.29) is 0 Å². The fourth-order valence-electron chi connectivity index (χ4n) is 1.62. The molecule has 0 saturated carbocycles. The Kier molecular flexibility index (Phi) is 4.02. The van der Waals surface area contributed by atoms with E-state index >= 15 is 0 Å². The zero-order chi connectivity index (χ0) is 8.97. The lowest BCUT2D eigenvalue weighted by Crippen LogP contribution is -2.35. The summed E-state index contributed by atoms with van der Waals surface area (Å²) in [5.74, 6) is 0.745. The molecule has 2 heteroatoms. The van der Waals surface area contributed by atoms with E-state index in [2.05, 4.69) is 25.7 Å². The summed E-state index contributed by atoms with van der Waals surface area (Å²) in [5.41, 5.74) is 0. The average molecular weight is 171 g/mol. The Hall–Kier alpha value is -0.0800. The average Bonchev–Trinajstić information content (AvgIpc) is 2.28. The van der Waals surface area contributed by atoms with Gasteiger partial charge in [-0.25, -0.2) is 0 Å². The molecule has 1 rings (SSSR count). The van der Waals surface area contributed by atoms with Gasteiger partial charge in [0.25, 0.3) is 0 Å². The summed E-state index contributed by atoms with van der Waals surface area (Å²) >= 11 is 0. The monoisotopic (exact) mass is 171 g/mol. The van der Waals surface area contributed by atoms with E-state index in [1.807, 2.05) is 0 Å². The molecule has 2 nitrogen and oxygen atoms in total. The Morgan fingerprint density at radius 3 is 2.83 bits per heavy atom. The van der Waals surface area contributed by atoms with E-state index < -0.39 is 0 Å². The van der Waals surface area contributed by atoms with E-state index in [1.165, 1.54) is 13.0 Å². The summed E-state index contributed by atoms with van der Waals surface area (Å²) in [6.07, 6.45) is 1.24. The van der Waals surface area contributed by atoms with Gasteiger partial charge in [-0.2, -0.15) is 0 Å². The second-order valence-corrected chi connectivity index (χ2v) is 3.94. The summed E-state index contributed by atoms with van der Waals surface area (Å²) in [5, 5.41) is 0. The Balaban J connectivity index is 2.42. The molecular weight excluding hydrogens is 150 g/mol. The third-order valence-corrected chi connectivity index (χ3v) is 2.68. The van der Waals surface area contributed by atoms with E-state index in [0.717, 1.165) is 25.7 Å². The van der Waals surface area contributed by atoms with Gasteiger partial charge >= 0.3 is 0 Å². The molecule has 1 aliphatic rings. The van der Waals surface area contributed by atoms with Crippen LogP contribution >= 0.6 is 0 Å². The van der Waals surface area contributed by atoms with Gasteiger partial charge in [0.2, 0.25) is 0 Å². The highest BCUT2D eigenvalue weighted by atomic mass is 16.5. The molecule has 0 radical (unpaired) electrons. The molecule has 1 fully saturated rings. The molecule has 1 saturated heterocycles. The molecule has 0 bridgehead atoms. The maximum Gasteiger partial charge on any atom is 0.0593 e. The van der Waals surface area contributed by atoms with Crippen LogP contribution in [0.1, 0.15) is 27.2 Å². The molecule has 1 atom stereocenters. The van der Waals surface area contributed by atoms with Crippen molar-refractivity contribution in [2.24, 2.45) is 5.92 Å². The lowest BCUT2D eigenvalue weighted by Gasteiger charge is -2.26. The first kappa shape index (κ1) is 10.0. The van der Waals surface area contributed by atoms with Crippen LogP contribution in [-0.2, 0) is 4.74 Å². The Morgan fingerprint density at radius 2 is 2.25 bits per heavy atom. The number of hydrogen-bond acceptors (Lipinski definition) is 2. The fraction of sp³-hybridized carbons (Fsp3) is 1.00. The highest BCUT2D eigenvalue weighted by Crippen LogP contribution is 2.12. The topological polar surface area (TPSA) is 12.5 Å². The quantitative estimate of drug-likeness (QED) is 0.627. The lowest BCUT2D eigenvalue weighted by molar-refractivity contribution is 0.120. The van der Waals surface area contributed by atoms with Crippen LogP contribution < -0.4 is 0 Å². The zero-order valence-electron chi connectivity index (χ0n) is 8.55. The SMILES string of the molecule is CCC1COCCN(C(C)C)C1. The predicted molar refractivity (Wildman–Crippen MR) is 51.3 cm³/mol. The Morgan fingerprint density at radius 1 is 1.50 bits per heavy atom. The van der Waals surface area contributed by atoms with Gasteiger partial charge in [0.05, 0.1) is 13.2 Å². The normalized spacial score (nSPS) is 27.5. The maximum atomic E-state index is 5.54. The summed E-state index contributed by atoms with van der Waals surface area (Å²) < 4.78 is 5.54. The van der Waals surface area contributed by atoms with Crippen LogP contribution in [0.25, 0.3) is 0 Å². The third-order valence-electron chi connectivity index (χ3n) is 2.68. The molecule has 12 heavy (non-hydrogen) atoms. The molecule has 1 heterocycles. The van der Waals surface area contributed by atoms with Gasteiger partial charge in [-0.05, 0) is 26.2 Å². The second-order valence-electron chi connectivity index (χ2n) is 3.94. The van der Waals surface area contributed by atoms with Gasteiger partial charge in [-0.1, -0.05) is 6.92 Å². The minimum absolute atomic E-state index is 0.667. The summed E-state index contributed by atoms with van der Waals surface area (Å²) in [7, 11) is 0. The van der Waals surface area contributed by atoms with Crippen LogP contribution in [0.5, 0.6) is 0 Å². The third kappa shape index (κ3) is 2.76. The number of ether oxygens (including phenoxy) is 1. The minimum atomic E-state index is 0.667. The highest BCUT2D eigenvalue weighted by Gasteiger charge is 2.18. The van der Waals surface area contributed by atoms with Crippen LogP contribution in [0, 0.1) is 5.92 Å². The fourth-order valence-corrected chi connectivity index (χ4v) is 1.62. The summed E-state index contributed by atoms with van der Waals surface area (Å²) in [6.45, 7) is 11.0. The molecule has 0 amide bonds. The van der Waals surface area contributed by atoms with E-state index in [1.54, 1.807) is 0 Å². The van der Waals surface area contributed by atoms with Crippen molar-refractivity contribution in [1.82, 2.24) is 4.90 Å². The number of hydrogen-bond donors (Lipinski definition) is 0. The highest BCUT2D eigenvalue weighted by molar-refractivity contribution is 4.70. The maximum absolute atomic E-state index is 5.54. The van der Waals surface area contributed by atoms with Crippen molar-refractivity contribution >= 4 is 0 Å². The molecule has 0 aromatic heterocycles. The second kappa shape index (κ2) is 4.83. The Bertz CT molecular complexity index is 125. The van der Waals surface area contributed by atoms with Crippen molar-refractivity contribution in [1.29, 1.82) is 0 Å². The van der Waals surface area contributed by atoms with E-state index in [9.17, 15) is 0 Å². The molecule has 72 valence electrons. The Labute approximate surface area is 75.9 Å². The predicted octanol–water partition coefficient (Wildman–Crippen LogP) is 1.75. The number of rotatable bonds is 2. The van der Waals surface area contributed by atoms with Crippen molar-refractivity contribution in [3.05, 3.63) is 0 Å². The molecule has 0 aromatic carbocycles. The van der Waals surface area contributed by atoms with Gasteiger partial charge in [-0.15, -0.1) is 0 Å². The largest absolute Gasteiger partial charge is 0.380 e. The first-order chi connectivity index (χ1) is 5.74. The van der Waals surface area contributed by atoms with Gasteiger partial charge in [-0.3, -0.25) is 4.90 Å². The minimum Gasteiger partial charge on any atom is -0.380 e. The van der Waals surface area contributed by atoms with Crippen molar-refractivity contribution in [2.45, 2.75) is 33.2 Å². The first-order valence-electron chi connectivity index (χ1n) is 5.05. The van der Waals surface area contributed by atoms with E-state index in [4.69, 9.17) is 4.74 Å². The molecule has 0 spiro atoms. The summed E-state index contributed by atoms with van der Waals surface area (Å²) in [4.78, 5) is 2.52. The smallest absolute Gasteiger partial charge is 0.0593 e. The van der Waals surface area contributed by atoms with Crippen LogP contribution in [-0.4, -0.2) is 37.2 Å². The van der Waals surface area contributed by atoms with Crippen LogP contribution in [0.2, 0.25) is 0 Å². The van der Waals surface area contributed by atoms with Crippen molar-refractivity contribution in [2.75, 3.05) is 26.3 Å². The molecule has 1 aliphatic heterocycles. The first-order valence-corrected chi connectivity index (χ1v) is 5.05. The zero-order valence-corrected chi connectivity index (χ0v) is 8.55. The van der Waals surface area contributed by atoms with Crippen LogP contribution in [0.3, 0.4) is 0 Å². The van der Waals surface area contributed by atoms with E-state index in [0.29, 0.717) is 6.04 Å². The van der Waals surface area contributed by atoms with Gasteiger partial charge in [0.1, 0.15) is 0 Å². The molecule has 0 aromatic rings. The molecule has 1 unspecified atom stereocenters. The lowest BCUT2D eigenvalue weighted by atomic mass is 10.1. The van der Waals surface area contributed by atoms with Crippen molar-refractivity contribution in [3.8, 4) is 0 Å². The standard InChI is InChI=1S/C10H21NO/c1-4-10-7-11(9(2)3)5-6-12-8-10/h9-10H,4-8H2,1-3H3.